The van der Waals surface area contributed by atoms with Crippen molar-refractivity contribution in [2.75, 3.05) is 0 Å². The first-order chi connectivity index (χ1) is 9.09. The molecule has 0 bridgehead atoms. The van der Waals surface area contributed by atoms with Crippen LogP contribution in [0.3, 0.4) is 0 Å². The van der Waals surface area contributed by atoms with E-state index in [4.69, 9.17) is 18.0 Å². The molecule has 20 heavy (non-hydrogen) atoms. The van der Waals surface area contributed by atoms with Crippen molar-refractivity contribution in [2.24, 2.45) is 5.73 Å². The van der Waals surface area contributed by atoms with Crippen LogP contribution in [-0.4, -0.2) is 18.9 Å². The maximum absolute atomic E-state index is 12.5. The normalized spacial score (nSPS) is 12.4. The molecule has 0 saturated carbocycles. The summed E-state index contributed by atoms with van der Waals surface area (Å²) in [6, 6.07) is 4.98. The zero-order valence-electron chi connectivity index (χ0n) is 12.4. The quantitative estimate of drug-likeness (QED) is 0.791. The Morgan fingerprint density at radius 2 is 2.00 bits per heavy atom. The smallest absolute Gasteiger partial charge is 0.241 e. The van der Waals surface area contributed by atoms with Gasteiger partial charge in [0.25, 0.3) is 0 Å². The van der Waals surface area contributed by atoms with Crippen LogP contribution in [0.15, 0.2) is 23.1 Å². The molecule has 1 aromatic carbocycles. The zero-order chi connectivity index (χ0) is 15.6. The molecule has 0 saturated heterocycles. The predicted molar refractivity (Wildman–Crippen MR) is 86.4 cm³/mol. The molecule has 0 aliphatic rings. The molecule has 1 aromatic rings. The van der Waals surface area contributed by atoms with Gasteiger partial charge in [0.1, 0.15) is 4.99 Å². The van der Waals surface area contributed by atoms with Gasteiger partial charge in [-0.15, -0.1) is 0 Å². The molecule has 6 heteroatoms. The SMILES string of the molecule is CCCC(C)(C)NS(=O)(=O)c1cc(C(N)=S)ccc1C. The molecular weight excluding hydrogens is 292 g/mol. The lowest BCUT2D eigenvalue weighted by atomic mass is 10.0. The van der Waals surface area contributed by atoms with E-state index in [0.29, 0.717) is 11.1 Å². The molecule has 0 atom stereocenters. The number of sulfonamides is 1. The van der Waals surface area contributed by atoms with Gasteiger partial charge in [-0.1, -0.05) is 37.7 Å². The third kappa shape index (κ3) is 4.26. The van der Waals surface area contributed by atoms with Crippen molar-refractivity contribution >= 4 is 27.2 Å². The van der Waals surface area contributed by atoms with Gasteiger partial charge in [0.15, 0.2) is 0 Å². The summed E-state index contributed by atoms with van der Waals surface area (Å²) in [4.78, 5) is 0.418. The van der Waals surface area contributed by atoms with Gasteiger partial charge >= 0.3 is 0 Å². The van der Waals surface area contributed by atoms with E-state index in [1.807, 2.05) is 20.8 Å². The molecule has 0 radical (unpaired) electrons. The monoisotopic (exact) mass is 314 g/mol. The molecule has 0 aliphatic heterocycles. The second kappa shape index (κ2) is 6.20. The van der Waals surface area contributed by atoms with Crippen molar-refractivity contribution in [1.29, 1.82) is 0 Å². The van der Waals surface area contributed by atoms with Gasteiger partial charge in [-0.05, 0) is 38.8 Å². The van der Waals surface area contributed by atoms with Crippen molar-refractivity contribution < 1.29 is 8.42 Å². The van der Waals surface area contributed by atoms with Crippen LogP contribution in [-0.2, 0) is 10.0 Å². The van der Waals surface area contributed by atoms with Crippen molar-refractivity contribution in [3.05, 3.63) is 29.3 Å². The Morgan fingerprint density at radius 1 is 1.40 bits per heavy atom. The number of benzene rings is 1. The fourth-order valence-corrected chi connectivity index (χ4v) is 3.98. The number of thiocarbonyl (C=S) groups is 1. The van der Waals surface area contributed by atoms with Crippen LogP contribution < -0.4 is 10.5 Å². The standard InChI is InChI=1S/C14H22N2O2S2/c1-5-8-14(3,4)16-20(17,18)12-9-11(13(15)19)7-6-10(12)2/h6-7,9,16H,5,8H2,1-4H3,(H2,15,19). The maximum Gasteiger partial charge on any atom is 0.241 e. The Bertz CT molecular complexity index is 608. The molecule has 0 aromatic heterocycles. The third-order valence-electron chi connectivity index (χ3n) is 3.05. The van der Waals surface area contributed by atoms with Gasteiger partial charge in [-0.2, -0.15) is 0 Å². The zero-order valence-corrected chi connectivity index (χ0v) is 14.0. The lowest BCUT2D eigenvalue weighted by molar-refractivity contribution is 0.417. The molecule has 0 fully saturated rings. The summed E-state index contributed by atoms with van der Waals surface area (Å²) in [5, 5.41) is 0. The molecule has 0 unspecified atom stereocenters. The first-order valence-corrected chi connectivity index (χ1v) is 8.42. The minimum absolute atomic E-state index is 0.189. The Kier molecular flexibility index (Phi) is 5.29. The van der Waals surface area contributed by atoms with E-state index in [0.717, 1.165) is 12.8 Å². The topological polar surface area (TPSA) is 72.2 Å². The van der Waals surface area contributed by atoms with Crippen molar-refractivity contribution in [3.8, 4) is 0 Å². The highest BCUT2D eigenvalue weighted by Gasteiger charge is 2.26. The number of aryl methyl sites for hydroxylation is 1. The van der Waals surface area contributed by atoms with E-state index in [2.05, 4.69) is 4.72 Å². The van der Waals surface area contributed by atoms with Crippen LogP contribution in [0.1, 0.15) is 44.7 Å². The third-order valence-corrected chi connectivity index (χ3v) is 5.12. The lowest BCUT2D eigenvalue weighted by Gasteiger charge is -2.26. The fourth-order valence-electron chi connectivity index (χ4n) is 2.14. The largest absolute Gasteiger partial charge is 0.389 e. The summed E-state index contributed by atoms with van der Waals surface area (Å²) in [5.41, 5.74) is 6.31. The Labute approximate surface area is 126 Å². The average molecular weight is 314 g/mol. The highest BCUT2D eigenvalue weighted by Crippen LogP contribution is 2.21. The van der Waals surface area contributed by atoms with E-state index in [9.17, 15) is 8.42 Å². The Hall–Kier alpha value is -0.980. The molecule has 112 valence electrons. The number of rotatable bonds is 6. The van der Waals surface area contributed by atoms with E-state index >= 15 is 0 Å². The number of hydrogen-bond acceptors (Lipinski definition) is 3. The van der Waals surface area contributed by atoms with Crippen LogP contribution in [0.2, 0.25) is 0 Å². The van der Waals surface area contributed by atoms with Gasteiger partial charge in [0.2, 0.25) is 10.0 Å². The summed E-state index contributed by atoms with van der Waals surface area (Å²) in [7, 11) is -3.59. The minimum atomic E-state index is -3.59. The van der Waals surface area contributed by atoms with Crippen LogP contribution in [0.5, 0.6) is 0 Å². The van der Waals surface area contributed by atoms with Crippen molar-refractivity contribution in [3.63, 3.8) is 0 Å². The Balaban J connectivity index is 3.22. The van der Waals surface area contributed by atoms with Crippen LogP contribution in [0.25, 0.3) is 0 Å². The average Bonchev–Trinajstić information content (AvgIpc) is 2.26. The highest BCUT2D eigenvalue weighted by atomic mass is 32.2. The second-order valence-electron chi connectivity index (χ2n) is 5.58. The molecular formula is C14H22N2O2S2. The second-order valence-corrected chi connectivity index (χ2v) is 7.67. The first-order valence-electron chi connectivity index (χ1n) is 6.53. The van der Waals surface area contributed by atoms with Crippen LogP contribution >= 0.6 is 12.2 Å². The van der Waals surface area contributed by atoms with Crippen LogP contribution in [0.4, 0.5) is 0 Å². The molecule has 3 N–H and O–H groups in total. The molecule has 0 spiro atoms. The van der Waals surface area contributed by atoms with E-state index in [-0.39, 0.29) is 9.88 Å². The fraction of sp³-hybridized carbons (Fsp3) is 0.500. The highest BCUT2D eigenvalue weighted by molar-refractivity contribution is 7.89. The van der Waals surface area contributed by atoms with Gasteiger partial charge < -0.3 is 5.73 Å². The van der Waals surface area contributed by atoms with Crippen molar-refractivity contribution in [2.45, 2.75) is 51.0 Å². The summed E-state index contributed by atoms with van der Waals surface area (Å²) >= 11 is 4.90. The van der Waals surface area contributed by atoms with Gasteiger partial charge in [-0.3, -0.25) is 0 Å². The van der Waals surface area contributed by atoms with Gasteiger partial charge in [0.05, 0.1) is 4.90 Å². The molecule has 0 heterocycles. The first kappa shape index (κ1) is 17.1. The molecule has 0 amide bonds. The van der Waals surface area contributed by atoms with E-state index < -0.39 is 15.6 Å². The molecule has 4 nitrogen and oxygen atoms in total. The van der Waals surface area contributed by atoms with Crippen LogP contribution in [0, 0.1) is 6.92 Å². The minimum Gasteiger partial charge on any atom is -0.389 e. The maximum atomic E-state index is 12.5. The number of nitrogens with one attached hydrogen (secondary N) is 1. The van der Waals surface area contributed by atoms with Gasteiger partial charge in [-0.25, -0.2) is 13.1 Å². The van der Waals surface area contributed by atoms with E-state index in [1.165, 1.54) is 6.07 Å². The molecule has 0 aliphatic carbocycles. The summed E-state index contributed by atoms with van der Waals surface area (Å²) in [5.74, 6) is 0. The van der Waals surface area contributed by atoms with Gasteiger partial charge in [0, 0.05) is 11.1 Å². The number of nitrogens with two attached hydrogens (primary N) is 1. The van der Waals surface area contributed by atoms with Crippen molar-refractivity contribution in [1.82, 2.24) is 4.72 Å². The lowest BCUT2D eigenvalue weighted by Crippen LogP contribution is -2.43. The molecule has 1 rings (SSSR count). The predicted octanol–water partition coefficient (Wildman–Crippen LogP) is 2.49. The number of hydrogen-bond donors (Lipinski definition) is 2. The Morgan fingerprint density at radius 3 is 2.50 bits per heavy atom. The summed E-state index contributed by atoms with van der Waals surface area (Å²) in [6.45, 7) is 7.53. The summed E-state index contributed by atoms with van der Waals surface area (Å²) in [6.07, 6.45) is 1.67. The van der Waals surface area contributed by atoms with E-state index in [1.54, 1.807) is 19.1 Å². The summed E-state index contributed by atoms with van der Waals surface area (Å²) < 4.78 is 27.8.